The average molecular weight is 352 g/mol. The third-order valence-electron chi connectivity index (χ3n) is 4.40. The molecule has 26 heavy (non-hydrogen) atoms. The summed E-state index contributed by atoms with van der Waals surface area (Å²) in [7, 11) is 0. The van der Waals surface area contributed by atoms with Gasteiger partial charge in [-0.1, -0.05) is 37.3 Å². The lowest BCUT2D eigenvalue weighted by atomic mass is 10.1. The van der Waals surface area contributed by atoms with Crippen LogP contribution in [0.3, 0.4) is 0 Å². The van der Waals surface area contributed by atoms with Crippen LogP contribution in [0.2, 0.25) is 0 Å². The molecule has 0 aromatic heterocycles. The van der Waals surface area contributed by atoms with E-state index in [2.05, 4.69) is 17.4 Å². The van der Waals surface area contributed by atoms with Crippen molar-refractivity contribution in [2.45, 2.75) is 39.2 Å². The fraction of sp³-hybridized carbons (Fsp3) is 0.333. The maximum absolute atomic E-state index is 12.6. The van der Waals surface area contributed by atoms with Crippen LogP contribution in [0.15, 0.2) is 48.5 Å². The lowest BCUT2D eigenvalue weighted by molar-refractivity contribution is -0.125. The summed E-state index contributed by atoms with van der Waals surface area (Å²) in [6.45, 7) is 4.31. The number of hydrogen-bond donors (Lipinski definition) is 1. The zero-order chi connectivity index (χ0) is 18.5. The second-order valence-corrected chi connectivity index (χ2v) is 6.47. The highest BCUT2D eigenvalue weighted by molar-refractivity contribution is 6.00. The minimum absolute atomic E-state index is 0.0201. The number of fused-ring (bicyclic) bond motifs is 1. The Balaban J connectivity index is 1.79. The molecule has 1 heterocycles. The molecular formula is C21H24N2O3. The standard InChI is InChI=1S/C21H24N2O3/c1-3-7-20(24)22-17-10-11-18-19(14-17)26-15(2)21(25)23(18)13-12-16-8-5-4-6-9-16/h4-6,8-11,14-15H,3,7,12-13H2,1-2H3,(H,22,24). The Morgan fingerprint density at radius 1 is 1.19 bits per heavy atom. The van der Waals surface area contributed by atoms with Crippen molar-refractivity contribution in [2.24, 2.45) is 0 Å². The normalized spacial score (nSPS) is 16.0. The molecule has 2 aromatic rings. The minimum Gasteiger partial charge on any atom is -0.479 e. The van der Waals surface area contributed by atoms with Gasteiger partial charge < -0.3 is 15.0 Å². The number of carbonyl (C=O) groups excluding carboxylic acids is 2. The van der Waals surface area contributed by atoms with Crippen molar-refractivity contribution < 1.29 is 14.3 Å². The molecule has 2 amide bonds. The Bertz CT molecular complexity index is 789. The Kier molecular flexibility index (Phi) is 5.56. The van der Waals surface area contributed by atoms with E-state index < -0.39 is 6.10 Å². The van der Waals surface area contributed by atoms with E-state index in [1.807, 2.05) is 37.3 Å². The summed E-state index contributed by atoms with van der Waals surface area (Å²) in [4.78, 5) is 26.2. The summed E-state index contributed by atoms with van der Waals surface area (Å²) in [6.07, 6.45) is 1.51. The fourth-order valence-corrected chi connectivity index (χ4v) is 3.06. The van der Waals surface area contributed by atoms with Gasteiger partial charge in [-0.2, -0.15) is 0 Å². The predicted molar refractivity (Wildman–Crippen MR) is 103 cm³/mol. The van der Waals surface area contributed by atoms with Gasteiger partial charge in [-0.15, -0.1) is 0 Å². The van der Waals surface area contributed by atoms with Gasteiger partial charge in [-0.3, -0.25) is 9.59 Å². The van der Waals surface area contributed by atoms with Gasteiger partial charge in [-0.05, 0) is 37.5 Å². The number of nitrogens with one attached hydrogen (secondary N) is 1. The zero-order valence-electron chi connectivity index (χ0n) is 15.2. The molecule has 0 bridgehead atoms. The van der Waals surface area contributed by atoms with E-state index in [-0.39, 0.29) is 11.8 Å². The number of amides is 2. The molecular weight excluding hydrogens is 328 g/mol. The second-order valence-electron chi connectivity index (χ2n) is 6.47. The minimum atomic E-state index is -0.542. The quantitative estimate of drug-likeness (QED) is 0.861. The Morgan fingerprint density at radius 2 is 1.96 bits per heavy atom. The van der Waals surface area contributed by atoms with Crippen LogP contribution < -0.4 is 15.0 Å². The third-order valence-corrected chi connectivity index (χ3v) is 4.40. The van der Waals surface area contributed by atoms with Crippen LogP contribution in [0, 0.1) is 0 Å². The van der Waals surface area contributed by atoms with Gasteiger partial charge in [0.2, 0.25) is 5.91 Å². The van der Waals surface area contributed by atoms with Gasteiger partial charge in [-0.25, -0.2) is 0 Å². The van der Waals surface area contributed by atoms with Crippen molar-refractivity contribution in [1.29, 1.82) is 0 Å². The molecule has 0 spiro atoms. The van der Waals surface area contributed by atoms with Crippen LogP contribution >= 0.6 is 0 Å². The van der Waals surface area contributed by atoms with Crippen molar-refractivity contribution in [1.82, 2.24) is 0 Å². The summed E-state index contributed by atoms with van der Waals surface area (Å²) in [5.74, 6) is 0.559. The summed E-state index contributed by atoms with van der Waals surface area (Å²) >= 11 is 0. The number of carbonyl (C=O) groups is 2. The lowest BCUT2D eigenvalue weighted by Gasteiger charge is -2.33. The van der Waals surface area contributed by atoms with Crippen molar-refractivity contribution in [3.8, 4) is 5.75 Å². The highest BCUT2D eigenvalue weighted by Crippen LogP contribution is 2.36. The molecule has 3 rings (SSSR count). The first-order valence-corrected chi connectivity index (χ1v) is 9.04. The maximum Gasteiger partial charge on any atom is 0.267 e. The SMILES string of the molecule is CCCC(=O)Nc1ccc2c(c1)OC(C)C(=O)N2CCc1ccccc1. The third kappa shape index (κ3) is 4.04. The molecule has 1 N–H and O–H groups in total. The fourth-order valence-electron chi connectivity index (χ4n) is 3.06. The number of benzene rings is 2. The molecule has 0 aliphatic carbocycles. The van der Waals surface area contributed by atoms with Crippen molar-refractivity contribution in [3.63, 3.8) is 0 Å². The Hall–Kier alpha value is -2.82. The summed E-state index contributed by atoms with van der Waals surface area (Å²) in [6, 6.07) is 15.5. The first kappa shape index (κ1) is 18.0. The van der Waals surface area contributed by atoms with E-state index >= 15 is 0 Å². The molecule has 1 aliphatic heterocycles. The average Bonchev–Trinajstić information content (AvgIpc) is 2.63. The molecule has 5 heteroatoms. The maximum atomic E-state index is 12.6. The van der Waals surface area contributed by atoms with Crippen molar-refractivity contribution in [2.75, 3.05) is 16.8 Å². The first-order valence-electron chi connectivity index (χ1n) is 9.04. The van der Waals surface area contributed by atoms with E-state index in [1.165, 1.54) is 5.56 Å². The van der Waals surface area contributed by atoms with Crippen molar-refractivity contribution >= 4 is 23.2 Å². The molecule has 0 saturated heterocycles. The summed E-state index contributed by atoms with van der Waals surface area (Å²) < 4.78 is 5.77. The number of anilines is 2. The number of rotatable bonds is 6. The molecule has 1 unspecified atom stereocenters. The van der Waals surface area contributed by atoms with Gasteiger partial charge in [0.25, 0.3) is 5.91 Å². The van der Waals surface area contributed by atoms with Gasteiger partial charge in [0.05, 0.1) is 5.69 Å². The highest BCUT2D eigenvalue weighted by Gasteiger charge is 2.31. The van der Waals surface area contributed by atoms with E-state index in [0.717, 1.165) is 18.5 Å². The van der Waals surface area contributed by atoms with Crippen LogP contribution in [0.1, 0.15) is 32.3 Å². The van der Waals surface area contributed by atoms with E-state index in [1.54, 1.807) is 17.9 Å². The molecule has 5 nitrogen and oxygen atoms in total. The van der Waals surface area contributed by atoms with Crippen molar-refractivity contribution in [3.05, 3.63) is 54.1 Å². The van der Waals surface area contributed by atoms with Gasteiger partial charge in [0.1, 0.15) is 5.75 Å². The topological polar surface area (TPSA) is 58.6 Å². The molecule has 2 aromatic carbocycles. The van der Waals surface area contributed by atoms with Gasteiger partial charge in [0.15, 0.2) is 6.10 Å². The van der Waals surface area contributed by atoms with E-state index in [9.17, 15) is 9.59 Å². The van der Waals surface area contributed by atoms with Gasteiger partial charge >= 0.3 is 0 Å². The molecule has 0 fully saturated rings. The zero-order valence-corrected chi connectivity index (χ0v) is 15.2. The Morgan fingerprint density at radius 3 is 2.69 bits per heavy atom. The monoisotopic (exact) mass is 352 g/mol. The van der Waals surface area contributed by atoms with Crippen LogP contribution in [0.5, 0.6) is 5.75 Å². The number of ether oxygens (including phenoxy) is 1. The molecule has 0 radical (unpaired) electrons. The summed E-state index contributed by atoms with van der Waals surface area (Å²) in [5, 5.41) is 2.87. The first-order chi connectivity index (χ1) is 12.6. The Labute approximate surface area is 154 Å². The molecule has 1 aliphatic rings. The lowest BCUT2D eigenvalue weighted by Crippen LogP contribution is -2.45. The van der Waals surface area contributed by atoms with Crippen LogP contribution in [-0.2, 0) is 16.0 Å². The smallest absolute Gasteiger partial charge is 0.267 e. The van der Waals surface area contributed by atoms with E-state index in [4.69, 9.17) is 4.74 Å². The summed E-state index contributed by atoms with van der Waals surface area (Å²) in [5.41, 5.74) is 2.62. The largest absolute Gasteiger partial charge is 0.479 e. The molecule has 0 saturated carbocycles. The second kappa shape index (κ2) is 8.04. The van der Waals surface area contributed by atoms with Crippen LogP contribution in [-0.4, -0.2) is 24.5 Å². The van der Waals surface area contributed by atoms with E-state index in [0.29, 0.717) is 24.4 Å². The van der Waals surface area contributed by atoms with Gasteiger partial charge in [0, 0.05) is 24.7 Å². The molecule has 1 atom stereocenters. The van der Waals surface area contributed by atoms with Crippen LogP contribution in [0.4, 0.5) is 11.4 Å². The molecule has 136 valence electrons. The number of nitrogens with zero attached hydrogens (tertiary/aromatic N) is 1. The predicted octanol–water partition coefficient (Wildman–Crippen LogP) is 3.78. The highest BCUT2D eigenvalue weighted by atomic mass is 16.5. The number of hydrogen-bond acceptors (Lipinski definition) is 3. The van der Waals surface area contributed by atoms with Crippen LogP contribution in [0.25, 0.3) is 0 Å².